The Kier molecular flexibility index (Phi) is 4.60. The maximum atomic E-state index is 12.9. The summed E-state index contributed by atoms with van der Waals surface area (Å²) in [5, 5.41) is 3.95. The number of rotatable bonds is 3. The zero-order valence-electron chi connectivity index (χ0n) is 16.2. The Bertz CT molecular complexity index is 1110. The second-order valence-corrected chi connectivity index (χ2v) is 8.50. The zero-order chi connectivity index (χ0) is 20.0. The van der Waals surface area contributed by atoms with Crippen LogP contribution < -0.4 is 10.2 Å². The van der Waals surface area contributed by atoms with E-state index in [9.17, 15) is 9.59 Å². The van der Waals surface area contributed by atoms with Crippen molar-refractivity contribution >= 4 is 44.1 Å². The van der Waals surface area contributed by atoms with Gasteiger partial charge in [0.2, 0.25) is 0 Å². The third kappa shape index (κ3) is 3.32. The Labute approximate surface area is 172 Å². The van der Waals surface area contributed by atoms with Crippen molar-refractivity contribution in [2.45, 2.75) is 26.2 Å². The van der Waals surface area contributed by atoms with Crippen LogP contribution in [0, 0.1) is 6.92 Å². The van der Waals surface area contributed by atoms with E-state index in [-0.39, 0.29) is 11.7 Å². The van der Waals surface area contributed by atoms with Crippen molar-refractivity contribution in [3.8, 4) is 0 Å². The maximum absolute atomic E-state index is 12.9. The van der Waals surface area contributed by atoms with Crippen LogP contribution in [0.1, 0.15) is 44.9 Å². The van der Waals surface area contributed by atoms with Gasteiger partial charge in [0.05, 0.1) is 23.4 Å². The molecule has 1 fully saturated rings. The number of benzene rings is 1. The van der Waals surface area contributed by atoms with E-state index in [1.54, 1.807) is 11.3 Å². The molecule has 1 aliphatic heterocycles. The largest absolute Gasteiger partial charge is 0.378 e. The number of hydrogen-bond acceptors (Lipinski definition) is 6. The Morgan fingerprint density at radius 2 is 2.10 bits per heavy atom. The van der Waals surface area contributed by atoms with Crippen LogP contribution in [0.4, 0.5) is 10.8 Å². The Morgan fingerprint density at radius 3 is 2.90 bits per heavy atom. The molecule has 1 amide bonds. The zero-order valence-corrected chi connectivity index (χ0v) is 17.0. The molecular weight excluding hydrogens is 388 g/mol. The number of aryl methyl sites for hydroxylation is 1. The molecule has 1 aliphatic carbocycles. The minimum absolute atomic E-state index is 0.126. The number of thiazole rings is 1. The van der Waals surface area contributed by atoms with Gasteiger partial charge in [-0.15, -0.1) is 0 Å². The average molecular weight is 410 g/mol. The molecule has 7 nitrogen and oxygen atoms in total. The number of nitrogens with one attached hydrogen (secondary N) is 2. The lowest BCUT2D eigenvalue weighted by Gasteiger charge is -2.25. The molecule has 150 valence electrons. The van der Waals surface area contributed by atoms with Crippen LogP contribution in [0.3, 0.4) is 0 Å². The molecule has 2 aliphatic rings. The number of ether oxygens (including phenoxy) is 1. The van der Waals surface area contributed by atoms with E-state index in [4.69, 9.17) is 9.72 Å². The Morgan fingerprint density at radius 1 is 1.28 bits per heavy atom. The fourth-order valence-corrected chi connectivity index (χ4v) is 5.13. The van der Waals surface area contributed by atoms with Gasteiger partial charge in [-0.3, -0.25) is 9.59 Å². The first-order valence-corrected chi connectivity index (χ1v) is 10.7. The lowest BCUT2D eigenvalue weighted by Crippen LogP contribution is -2.36. The SMILES string of the molecule is Cc1c(C(=O)Nc2ccc3nc(N4CCOCC4)sc3c2)[nH]c2c1C(=O)CCC2. The number of ketones is 1. The van der Waals surface area contributed by atoms with Crippen molar-refractivity contribution in [3.63, 3.8) is 0 Å². The summed E-state index contributed by atoms with van der Waals surface area (Å²) in [6.45, 7) is 4.98. The summed E-state index contributed by atoms with van der Waals surface area (Å²) in [5.74, 6) is -0.0947. The van der Waals surface area contributed by atoms with E-state index < -0.39 is 0 Å². The van der Waals surface area contributed by atoms with Crippen molar-refractivity contribution in [3.05, 3.63) is 40.7 Å². The highest BCUT2D eigenvalue weighted by atomic mass is 32.1. The molecule has 0 unspecified atom stereocenters. The molecule has 29 heavy (non-hydrogen) atoms. The van der Waals surface area contributed by atoms with Gasteiger partial charge in [-0.2, -0.15) is 0 Å². The lowest BCUT2D eigenvalue weighted by molar-refractivity contribution is 0.0971. The fraction of sp³-hybridized carbons (Fsp3) is 0.381. The first-order chi connectivity index (χ1) is 14.1. The number of anilines is 2. The van der Waals surface area contributed by atoms with Gasteiger partial charge in [-0.05, 0) is 43.5 Å². The fourth-order valence-electron chi connectivity index (χ4n) is 4.07. The number of Topliss-reactive ketones (excluding diaryl/α,β-unsaturated/α-hetero) is 1. The molecule has 2 aromatic heterocycles. The number of amides is 1. The van der Waals surface area contributed by atoms with Crippen LogP contribution in [-0.2, 0) is 11.2 Å². The number of carbonyl (C=O) groups excluding carboxylic acids is 2. The van der Waals surface area contributed by atoms with Crippen LogP contribution in [0.15, 0.2) is 18.2 Å². The van der Waals surface area contributed by atoms with Crippen LogP contribution in [0.25, 0.3) is 10.2 Å². The summed E-state index contributed by atoms with van der Waals surface area (Å²) >= 11 is 1.62. The lowest BCUT2D eigenvalue weighted by atomic mass is 9.94. The molecule has 8 heteroatoms. The van der Waals surface area contributed by atoms with E-state index in [1.165, 1.54) is 0 Å². The molecule has 5 rings (SSSR count). The summed E-state index contributed by atoms with van der Waals surface area (Å²) in [7, 11) is 0. The molecule has 3 heterocycles. The molecule has 1 aromatic carbocycles. The van der Waals surface area contributed by atoms with Gasteiger partial charge >= 0.3 is 0 Å². The number of H-pyrrole nitrogens is 1. The normalized spacial score (nSPS) is 16.9. The van der Waals surface area contributed by atoms with Crippen molar-refractivity contribution in [2.24, 2.45) is 0 Å². The maximum Gasteiger partial charge on any atom is 0.272 e. The van der Waals surface area contributed by atoms with Crippen molar-refractivity contribution < 1.29 is 14.3 Å². The van der Waals surface area contributed by atoms with Gasteiger partial charge in [0.25, 0.3) is 5.91 Å². The molecule has 0 radical (unpaired) electrons. The van der Waals surface area contributed by atoms with Crippen molar-refractivity contribution in [1.29, 1.82) is 0 Å². The molecular formula is C21H22N4O3S. The summed E-state index contributed by atoms with van der Waals surface area (Å²) in [4.78, 5) is 35.2. The Balaban J connectivity index is 1.39. The highest BCUT2D eigenvalue weighted by Crippen LogP contribution is 2.32. The quantitative estimate of drug-likeness (QED) is 0.690. The molecule has 0 atom stereocenters. The highest BCUT2D eigenvalue weighted by Gasteiger charge is 2.26. The van der Waals surface area contributed by atoms with Crippen molar-refractivity contribution in [1.82, 2.24) is 9.97 Å². The smallest absolute Gasteiger partial charge is 0.272 e. The number of aromatic amines is 1. The highest BCUT2D eigenvalue weighted by molar-refractivity contribution is 7.22. The molecule has 0 saturated carbocycles. The van der Waals surface area contributed by atoms with E-state index in [0.29, 0.717) is 17.7 Å². The second kappa shape index (κ2) is 7.27. The molecule has 0 spiro atoms. The summed E-state index contributed by atoms with van der Waals surface area (Å²) in [6, 6.07) is 5.76. The van der Waals surface area contributed by atoms with Crippen LogP contribution in [0.2, 0.25) is 0 Å². The van der Waals surface area contributed by atoms with E-state index in [0.717, 1.165) is 71.4 Å². The average Bonchev–Trinajstić information content (AvgIpc) is 3.30. The van der Waals surface area contributed by atoms with Gasteiger partial charge in [-0.25, -0.2) is 4.98 Å². The Hall–Kier alpha value is -2.71. The number of fused-ring (bicyclic) bond motifs is 2. The monoisotopic (exact) mass is 410 g/mol. The minimum Gasteiger partial charge on any atom is -0.378 e. The molecule has 2 N–H and O–H groups in total. The first kappa shape index (κ1) is 18.3. The van der Waals surface area contributed by atoms with E-state index >= 15 is 0 Å². The first-order valence-electron chi connectivity index (χ1n) is 9.89. The number of nitrogens with zero attached hydrogens (tertiary/aromatic N) is 2. The third-order valence-corrected chi connectivity index (χ3v) is 6.66. The summed E-state index contributed by atoms with van der Waals surface area (Å²) < 4.78 is 6.44. The number of hydrogen-bond donors (Lipinski definition) is 2. The molecule has 3 aromatic rings. The van der Waals surface area contributed by atoms with Crippen molar-refractivity contribution in [2.75, 3.05) is 36.5 Å². The van der Waals surface area contributed by atoms with Gasteiger partial charge in [0.15, 0.2) is 10.9 Å². The van der Waals surface area contributed by atoms with E-state index in [2.05, 4.69) is 15.2 Å². The molecule has 0 bridgehead atoms. The van der Waals surface area contributed by atoms with E-state index in [1.807, 2.05) is 25.1 Å². The van der Waals surface area contributed by atoms with Crippen LogP contribution >= 0.6 is 11.3 Å². The second-order valence-electron chi connectivity index (χ2n) is 7.49. The van der Waals surface area contributed by atoms with Gasteiger partial charge in [-0.1, -0.05) is 11.3 Å². The van der Waals surface area contributed by atoms with Gasteiger partial charge in [0, 0.05) is 36.5 Å². The number of aromatic nitrogens is 2. The standard InChI is InChI=1S/C21H22N4O3S/c1-12-18-15(3-2-4-16(18)26)23-19(12)20(27)22-13-5-6-14-17(11-13)29-21(24-14)25-7-9-28-10-8-25/h5-6,11,23H,2-4,7-10H2,1H3,(H,22,27). The van der Waals surface area contributed by atoms with Gasteiger partial charge in [0.1, 0.15) is 5.69 Å². The summed E-state index contributed by atoms with van der Waals surface area (Å²) in [6.07, 6.45) is 2.20. The third-order valence-electron chi connectivity index (χ3n) is 5.58. The van der Waals surface area contributed by atoms with Gasteiger partial charge < -0.3 is 19.9 Å². The van der Waals surface area contributed by atoms with Crippen LogP contribution in [-0.4, -0.2) is 48.0 Å². The predicted molar refractivity (Wildman–Crippen MR) is 113 cm³/mol. The minimum atomic E-state index is -0.220. The van der Waals surface area contributed by atoms with Crippen LogP contribution in [0.5, 0.6) is 0 Å². The predicted octanol–water partition coefficient (Wildman–Crippen LogP) is 3.54. The topological polar surface area (TPSA) is 87.3 Å². The number of morpholine rings is 1. The molecule has 1 saturated heterocycles. The number of carbonyl (C=O) groups is 2. The summed E-state index contributed by atoms with van der Waals surface area (Å²) in [5.41, 5.74) is 4.45.